The molecular formula is C16H15ClN2O4S. The quantitative estimate of drug-likeness (QED) is 0.866. The number of rotatable bonds is 3. The molecule has 6 nitrogen and oxygen atoms in total. The molecule has 0 atom stereocenters. The van der Waals surface area contributed by atoms with Crippen LogP contribution in [0.5, 0.6) is 0 Å². The zero-order chi connectivity index (χ0) is 17.9. The molecule has 8 heteroatoms. The molecule has 0 fully saturated rings. The SMILES string of the molecule is COC(=O)NC(=O)c1c(NC(=O)c2ccc(Cl)cc2)sc(C)c1C. The van der Waals surface area contributed by atoms with Crippen LogP contribution in [0.1, 0.15) is 31.2 Å². The molecule has 2 N–H and O–H groups in total. The molecule has 1 aromatic carbocycles. The first-order valence-electron chi connectivity index (χ1n) is 6.89. The van der Waals surface area contributed by atoms with Gasteiger partial charge in [0.05, 0.1) is 12.7 Å². The summed E-state index contributed by atoms with van der Waals surface area (Å²) < 4.78 is 4.42. The summed E-state index contributed by atoms with van der Waals surface area (Å²) in [4.78, 5) is 36.7. The monoisotopic (exact) mass is 366 g/mol. The molecule has 0 aliphatic heterocycles. The van der Waals surface area contributed by atoms with Crippen molar-refractivity contribution in [3.8, 4) is 0 Å². The summed E-state index contributed by atoms with van der Waals surface area (Å²) in [5.74, 6) is -1.00. The van der Waals surface area contributed by atoms with Gasteiger partial charge in [0.2, 0.25) is 0 Å². The van der Waals surface area contributed by atoms with Crippen LogP contribution in [0, 0.1) is 13.8 Å². The fourth-order valence-corrected chi connectivity index (χ4v) is 3.15. The van der Waals surface area contributed by atoms with Gasteiger partial charge in [-0.25, -0.2) is 4.79 Å². The highest BCUT2D eigenvalue weighted by molar-refractivity contribution is 7.16. The average molecular weight is 367 g/mol. The molecule has 0 aliphatic carbocycles. The third-order valence-electron chi connectivity index (χ3n) is 3.35. The summed E-state index contributed by atoms with van der Waals surface area (Å²) in [5.41, 5.74) is 1.33. The van der Waals surface area contributed by atoms with Crippen molar-refractivity contribution in [2.75, 3.05) is 12.4 Å². The Kier molecular flexibility index (Phi) is 5.58. The Morgan fingerprint density at radius 2 is 1.71 bits per heavy atom. The second kappa shape index (κ2) is 7.46. The Labute approximate surface area is 147 Å². The molecular weight excluding hydrogens is 352 g/mol. The van der Waals surface area contributed by atoms with Crippen LogP contribution < -0.4 is 10.6 Å². The summed E-state index contributed by atoms with van der Waals surface area (Å²) in [5, 5.41) is 5.69. The molecule has 0 spiro atoms. The number of imide groups is 1. The van der Waals surface area contributed by atoms with Gasteiger partial charge >= 0.3 is 6.09 Å². The molecule has 3 amide bonds. The number of methoxy groups -OCH3 is 1. The van der Waals surface area contributed by atoms with E-state index in [0.717, 1.165) is 12.0 Å². The first-order valence-corrected chi connectivity index (χ1v) is 8.09. The van der Waals surface area contributed by atoms with Gasteiger partial charge in [0.25, 0.3) is 11.8 Å². The lowest BCUT2D eigenvalue weighted by Crippen LogP contribution is -2.31. The highest BCUT2D eigenvalue weighted by Gasteiger charge is 2.23. The Hall–Kier alpha value is -2.38. The van der Waals surface area contributed by atoms with Gasteiger partial charge in [0.1, 0.15) is 5.00 Å². The number of carbonyl (C=O) groups is 3. The van der Waals surface area contributed by atoms with Gasteiger partial charge in [-0.15, -0.1) is 11.3 Å². The first kappa shape index (κ1) is 18.0. The van der Waals surface area contributed by atoms with E-state index in [1.165, 1.54) is 11.3 Å². The Morgan fingerprint density at radius 1 is 1.08 bits per heavy atom. The van der Waals surface area contributed by atoms with Crippen molar-refractivity contribution in [1.29, 1.82) is 0 Å². The molecule has 0 saturated heterocycles. The second-order valence-electron chi connectivity index (χ2n) is 4.89. The van der Waals surface area contributed by atoms with Crippen molar-refractivity contribution < 1.29 is 19.1 Å². The number of carbonyl (C=O) groups excluding carboxylic acids is 3. The predicted octanol–water partition coefficient (Wildman–Crippen LogP) is 3.77. The standard InChI is InChI=1S/C16H15ClN2O4S/c1-8-9(2)24-15(12(8)14(21)19-16(22)23-3)18-13(20)10-4-6-11(17)7-5-10/h4-7H,1-3H3,(H,18,20)(H,19,21,22). The van der Waals surface area contributed by atoms with E-state index in [2.05, 4.69) is 15.4 Å². The summed E-state index contributed by atoms with van der Waals surface area (Å²) in [7, 11) is 1.16. The van der Waals surface area contributed by atoms with Crippen molar-refractivity contribution in [1.82, 2.24) is 5.32 Å². The number of hydrogen-bond donors (Lipinski definition) is 2. The molecule has 2 rings (SSSR count). The Bertz CT molecular complexity index is 799. The lowest BCUT2D eigenvalue weighted by atomic mass is 10.1. The molecule has 0 saturated carbocycles. The van der Waals surface area contributed by atoms with Gasteiger partial charge < -0.3 is 10.1 Å². The largest absolute Gasteiger partial charge is 0.453 e. The third-order valence-corrected chi connectivity index (χ3v) is 4.72. The summed E-state index contributed by atoms with van der Waals surface area (Å²) in [6.07, 6.45) is -0.863. The zero-order valence-corrected chi connectivity index (χ0v) is 14.8. The maximum Gasteiger partial charge on any atom is 0.413 e. The number of halogens is 1. The highest BCUT2D eigenvalue weighted by Crippen LogP contribution is 2.32. The van der Waals surface area contributed by atoms with Crippen molar-refractivity contribution in [2.24, 2.45) is 0 Å². The number of ether oxygens (including phenoxy) is 1. The minimum absolute atomic E-state index is 0.241. The topological polar surface area (TPSA) is 84.5 Å². The van der Waals surface area contributed by atoms with Crippen molar-refractivity contribution >= 4 is 45.8 Å². The van der Waals surface area contributed by atoms with Crippen LogP contribution in [-0.2, 0) is 4.74 Å². The van der Waals surface area contributed by atoms with Crippen molar-refractivity contribution in [2.45, 2.75) is 13.8 Å². The fraction of sp³-hybridized carbons (Fsp3) is 0.188. The number of alkyl carbamates (subject to hydrolysis) is 1. The van der Waals surface area contributed by atoms with Crippen LogP contribution >= 0.6 is 22.9 Å². The molecule has 0 radical (unpaired) electrons. The lowest BCUT2D eigenvalue weighted by Gasteiger charge is -2.07. The molecule has 2 aromatic rings. The molecule has 1 aromatic heterocycles. The summed E-state index contributed by atoms with van der Waals surface area (Å²) in [6, 6.07) is 6.37. The van der Waals surface area contributed by atoms with Crippen LogP contribution in [0.2, 0.25) is 5.02 Å². The van der Waals surface area contributed by atoms with E-state index < -0.39 is 12.0 Å². The fourth-order valence-electron chi connectivity index (χ4n) is 1.97. The van der Waals surface area contributed by atoms with Gasteiger partial charge in [-0.2, -0.15) is 0 Å². The number of amides is 3. The van der Waals surface area contributed by atoms with Crippen LogP contribution in [-0.4, -0.2) is 25.0 Å². The minimum Gasteiger partial charge on any atom is -0.453 e. The van der Waals surface area contributed by atoms with Crippen LogP contribution in [0.15, 0.2) is 24.3 Å². The van der Waals surface area contributed by atoms with E-state index in [9.17, 15) is 14.4 Å². The Morgan fingerprint density at radius 3 is 2.29 bits per heavy atom. The molecule has 24 heavy (non-hydrogen) atoms. The van der Waals surface area contributed by atoms with Crippen LogP contribution in [0.25, 0.3) is 0 Å². The molecule has 126 valence electrons. The van der Waals surface area contributed by atoms with E-state index in [4.69, 9.17) is 11.6 Å². The smallest absolute Gasteiger partial charge is 0.413 e. The number of hydrogen-bond acceptors (Lipinski definition) is 5. The first-order chi connectivity index (χ1) is 11.3. The van der Waals surface area contributed by atoms with Gasteiger partial charge in [0, 0.05) is 15.5 Å². The normalized spacial score (nSPS) is 10.2. The molecule has 1 heterocycles. The molecule has 0 unspecified atom stereocenters. The van der Waals surface area contributed by atoms with E-state index in [-0.39, 0.29) is 11.5 Å². The number of nitrogens with one attached hydrogen (secondary N) is 2. The second-order valence-corrected chi connectivity index (χ2v) is 6.56. The van der Waals surface area contributed by atoms with Crippen molar-refractivity contribution in [3.05, 3.63) is 50.9 Å². The maximum atomic E-state index is 12.3. The van der Waals surface area contributed by atoms with E-state index in [1.807, 2.05) is 6.92 Å². The predicted molar refractivity (Wildman–Crippen MR) is 93.1 cm³/mol. The van der Waals surface area contributed by atoms with Crippen LogP contribution in [0.4, 0.5) is 9.80 Å². The zero-order valence-electron chi connectivity index (χ0n) is 13.2. The van der Waals surface area contributed by atoms with Gasteiger partial charge in [-0.3, -0.25) is 14.9 Å². The number of anilines is 1. The van der Waals surface area contributed by atoms with Crippen LogP contribution in [0.3, 0.4) is 0 Å². The number of thiophene rings is 1. The van der Waals surface area contributed by atoms with Gasteiger partial charge in [-0.05, 0) is 43.7 Å². The average Bonchev–Trinajstić information content (AvgIpc) is 2.82. The van der Waals surface area contributed by atoms with Gasteiger partial charge in [0.15, 0.2) is 0 Å². The van der Waals surface area contributed by atoms with E-state index >= 15 is 0 Å². The molecule has 0 bridgehead atoms. The minimum atomic E-state index is -0.863. The van der Waals surface area contributed by atoms with E-state index in [1.54, 1.807) is 31.2 Å². The molecule has 0 aliphatic rings. The van der Waals surface area contributed by atoms with Gasteiger partial charge in [-0.1, -0.05) is 11.6 Å². The summed E-state index contributed by atoms with van der Waals surface area (Å²) in [6.45, 7) is 3.57. The number of aryl methyl sites for hydroxylation is 1. The highest BCUT2D eigenvalue weighted by atomic mass is 35.5. The Balaban J connectivity index is 2.28. The lowest BCUT2D eigenvalue weighted by molar-refractivity contribution is 0.0937. The summed E-state index contributed by atoms with van der Waals surface area (Å²) >= 11 is 7.06. The third kappa shape index (κ3) is 3.93. The van der Waals surface area contributed by atoms with E-state index in [0.29, 0.717) is 21.2 Å². The van der Waals surface area contributed by atoms with Crippen molar-refractivity contribution in [3.63, 3.8) is 0 Å². The maximum absolute atomic E-state index is 12.3. The number of benzene rings is 1.